The van der Waals surface area contributed by atoms with Crippen LogP contribution in [0.15, 0.2) is 203 Å². The molecule has 2 heteroatoms. The van der Waals surface area contributed by atoms with Gasteiger partial charge in [0.1, 0.15) is 0 Å². The summed E-state index contributed by atoms with van der Waals surface area (Å²) in [7, 11) is 0. The van der Waals surface area contributed by atoms with E-state index in [1.54, 1.807) is 5.57 Å². The molecule has 0 amide bonds. The third-order valence-corrected chi connectivity index (χ3v) is 14.2. The van der Waals surface area contributed by atoms with E-state index in [0.29, 0.717) is 23.7 Å². The maximum atomic E-state index is 5.44. The first-order chi connectivity index (χ1) is 29.2. The van der Waals surface area contributed by atoms with Crippen LogP contribution in [-0.2, 0) is 5.41 Å². The molecule has 0 N–H and O–H groups in total. The molecule has 1 aliphatic heterocycles. The third-order valence-electron chi connectivity index (χ3n) is 13.0. The molecule has 0 saturated heterocycles. The second-order valence-corrected chi connectivity index (χ2v) is 18.2. The van der Waals surface area contributed by atoms with E-state index in [9.17, 15) is 0 Å². The zero-order valence-corrected chi connectivity index (χ0v) is 36.3. The van der Waals surface area contributed by atoms with Crippen molar-refractivity contribution in [3.63, 3.8) is 0 Å². The summed E-state index contributed by atoms with van der Waals surface area (Å²) in [5.41, 5.74) is 17.3. The monoisotopic (exact) mass is 795 g/mol. The SMILES string of the molecule is C=CC(=N/C(=C\C(=C)c1ccc(C2=CC=C(C(C)C)C(CC)C2C(C)C)cc1)c1ccc2c(c1)C1(c3ccccc3Sc3ccccc31)c1ccccc1-2)c1ccccc1. The van der Waals surface area contributed by atoms with Gasteiger partial charge in [-0.1, -0.05) is 205 Å². The Balaban J connectivity index is 1.19. The molecule has 60 heavy (non-hydrogen) atoms. The van der Waals surface area contributed by atoms with Crippen LogP contribution in [0.1, 0.15) is 85.5 Å². The predicted molar refractivity (Wildman–Crippen MR) is 258 cm³/mol. The van der Waals surface area contributed by atoms with E-state index in [-0.39, 0.29) is 0 Å². The van der Waals surface area contributed by atoms with Gasteiger partial charge in [0.15, 0.2) is 0 Å². The summed E-state index contributed by atoms with van der Waals surface area (Å²) < 4.78 is 0. The van der Waals surface area contributed by atoms with E-state index in [1.165, 1.54) is 54.3 Å². The van der Waals surface area contributed by atoms with Crippen molar-refractivity contribution in [1.82, 2.24) is 0 Å². The van der Waals surface area contributed by atoms with Gasteiger partial charge in [0, 0.05) is 20.9 Å². The van der Waals surface area contributed by atoms with Gasteiger partial charge in [-0.05, 0) is 116 Å². The topological polar surface area (TPSA) is 12.4 Å². The lowest BCUT2D eigenvalue weighted by Crippen LogP contribution is -2.32. The fourth-order valence-corrected chi connectivity index (χ4v) is 11.5. The van der Waals surface area contributed by atoms with E-state index in [1.807, 2.05) is 23.9 Å². The van der Waals surface area contributed by atoms with E-state index >= 15 is 0 Å². The Labute approximate surface area is 361 Å². The highest BCUT2D eigenvalue weighted by Crippen LogP contribution is 2.62. The number of benzene rings is 6. The molecule has 1 nitrogen and oxygen atoms in total. The normalized spacial score (nSPS) is 17.7. The number of aliphatic imine (C=N–C) groups is 1. The van der Waals surface area contributed by atoms with Crippen molar-refractivity contribution in [2.45, 2.75) is 56.2 Å². The lowest BCUT2D eigenvalue weighted by Gasteiger charge is -2.39. The van der Waals surface area contributed by atoms with Crippen molar-refractivity contribution in [3.8, 4) is 11.1 Å². The van der Waals surface area contributed by atoms with E-state index in [2.05, 4.69) is 206 Å². The zero-order valence-electron chi connectivity index (χ0n) is 35.5. The Morgan fingerprint density at radius 3 is 1.90 bits per heavy atom. The molecule has 296 valence electrons. The Hall–Kier alpha value is -5.96. The van der Waals surface area contributed by atoms with Crippen LogP contribution in [0.2, 0.25) is 0 Å². The van der Waals surface area contributed by atoms with Gasteiger partial charge in [0.2, 0.25) is 0 Å². The summed E-state index contributed by atoms with van der Waals surface area (Å²) >= 11 is 1.87. The molecule has 9 rings (SSSR count). The molecule has 6 aromatic rings. The molecule has 2 atom stereocenters. The van der Waals surface area contributed by atoms with Crippen molar-refractivity contribution >= 4 is 34.3 Å². The molecule has 0 radical (unpaired) electrons. The average molecular weight is 796 g/mol. The first-order valence-electron chi connectivity index (χ1n) is 21.6. The Morgan fingerprint density at radius 2 is 1.27 bits per heavy atom. The summed E-state index contributed by atoms with van der Waals surface area (Å²) in [6.45, 7) is 20.7. The smallest absolute Gasteiger partial charge is 0.0735 e. The molecule has 1 spiro atoms. The summed E-state index contributed by atoms with van der Waals surface area (Å²) in [6.07, 6.45) is 9.97. The number of fused-ring (bicyclic) bond motifs is 9. The van der Waals surface area contributed by atoms with E-state index < -0.39 is 5.41 Å². The van der Waals surface area contributed by atoms with Gasteiger partial charge in [-0.15, -0.1) is 0 Å². The summed E-state index contributed by atoms with van der Waals surface area (Å²) in [5.74, 6) is 2.13. The Kier molecular flexibility index (Phi) is 10.7. The molecule has 0 fully saturated rings. The minimum absolute atomic E-state index is 0.480. The van der Waals surface area contributed by atoms with Crippen molar-refractivity contribution in [2.75, 3.05) is 0 Å². The van der Waals surface area contributed by atoms with Crippen LogP contribution >= 0.6 is 11.8 Å². The molecule has 0 aromatic heterocycles. The maximum Gasteiger partial charge on any atom is 0.0735 e. The third kappa shape index (κ3) is 6.63. The minimum Gasteiger partial charge on any atom is -0.248 e. The number of hydrogen-bond donors (Lipinski definition) is 0. The maximum absolute atomic E-state index is 5.44. The Morgan fingerprint density at radius 1 is 0.667 bits per heavy atom. The Bertz CT molecular complexity index is 2710. The summed E-state index contributed by atoms with van der Waals surface area (Å²) in [4.78, 5) is 8.02. The van der Waals surface area contributed by atoms with Crippen LogP contribution in [0.5, 0.6) is 0 Å². The van der Waals surface area contributed by atoms with Gasteiger partial charge >= 0.3 is 0 Å². The highest BCUT2D eigenvalue weighted by Gasteiger charge is 2.50. The van der Waals surface area contributed by atoms with Crippen LogP contribution in [0, 0.1) is 23.7 Å². The lowest BCUT2D eigenvalue weighted by molar-refractivity contribution is 0.333. The van der Waals surface area contributed by atoms with E-state index in [4.69, 9.17) is 4.99 Å². The fourth-order valence-electron chi connectivity index (χ4n) is 10.4. The van der Waals surface area contributed by atoms with Gasteiger partial charge in [-0.25, -0.2) is 4.99 Å². The van der Waals surface area contributed by atoms with Crippen molar-refractivity contribution in [3.05, 3.63) is 233 Å². The van der Waals surface area contributed by atoms with Crippen LogP contribution in [0.3, 0.4) is 0 Å². The van der Waals surface area contributed by atoms with Gasteiger partial charge in [0.25, 0.3) is 0 Å². The van der Waals surface area contributed by atoms with Crippen LogP contribution < -0.4 is 0 Å². The molecule has 3 aliphatic rings. The zero-order chi connectivity index (χ0) is 41.5. The second-order valence-electron chi connectivity index (χ2n) is 17.1. The molecule has 2 unspecified atom stereocenters. The highest BCUT2D eigenvalue weighted by atomic mass is 32.2. The lowest BCUT2D eigenvalue weighted by atomic mass is 9.67. The predicted octanol–water partition coefficient (Wildman–Crippen LogP) is 15.5. The van der Waals surface area contributed by atoms with Gasteiger partial charge in [0.05, 0.1) is 16.8 Å². The molecular weight excluding hydrogens is 743 g/mol. The van der Waals surface area contributed by atoms with Crippen molar-refractivity contribution in [2.24, 2.45) is 28.7 Å². The first kappa shape index (κ1) is 39.5. The molecule has 0 saturated carbocycles. The minimum atomic E-state index is -0.480. The fraction of sp³-hybridized carbons (Fsp3) is 0.190. The average Bonchev–Trinajstić information content (AvgIpc) is 3.57. The number of rotatable bonds is 10. The molecule has 6 aromatic carbocycles. The second kappa shape index (κ2) is 16.2. The van der Waals surface area contributed by atoms with Crippen LogP contribution in [0.25, 0.3) is 28.0 Å². The highest BCUT2D eigenvalue weighted by molar-refractivity contribution is 7.99. The molecule has 2 aliphatic carbocycles. The standard InChI is InChI=1S/C58H53NS/c1-8-44-45(37(3)4)33-34-46(57(44)38(5)6)41-29-27-40(28-30-41)39(7)35-54(59-53(9-2)42-19-11-10-12-20-42)43-31-32-48-47-21-13-14-22-49(47)58(52(48)36-43)50-23-15-17-25-55(50)60-56-26-18-16-24-51(56)58/h9-38,44,57H,2,7-8H2,1,3-6H3/b54-35-,59-53?. The van der Waals surface area contributed by atoms with Crippen molar-refractivity contribution < 1.29 is 0 Å². The van der Waals surface area contributed by atoms with Crippen molar-refractivity contribution in [1.29, 1.82) is 0 Å². The first-order valence-corrected chi connectivity index (χ1v) is 22.4. The molecule has 1 heterocycles. The van der Waals surface area contributed by atoms with Gasteiger partial charge in [-0.2, -0.15) is 0 Å². The number of allylic oxidation sites excluding steroid dienone is 7. The summed E-state index contributed by atoms with van der Waals surface area (Å²) in [5, 5.41) is 0. The molecular formula is C58H53NS. The largest absolute Gasteiger partial charge is 0.248 e. The van der Waals surface area contributed by atoms with E-state index in [0.717, 1.165) is 40.1 Å². The van der Waals surface area contributed by atoms with Crippen LogP contribution in [0.4, 0.5) is 0 Å². The van der Waals surface area contributed by atoms with Gasteiger partial charge in [-0.3, -0.25) is 0 Å². The quantitative estimate of drug-likeness (QED) is 0.0992. The number of nitrogens with zero attached hydrogens (tertiary/aromatic N) is 1. The summed E-state index contributed by atoms with van der Waals surface area (Å²) in [6, 6.07) is 53.3. The van der Waals surface area contributed by atoms with Crippen LogP contribution in [-0.4, -0.2) is 5.71 Å². The van der Waals surface area contributed by atoms with Gasteiger partial charge < -0.3 is 0 Å². The molecule has 0 bridgehead atoms. The number of hydrogen-bond acceptors (Lipinski definition) is 2.